The molecule has 1 amide bonds. The van der Waals surface area contributed by atoms with Gasteiger partial charge in [-0.2, -0.15) is 0 Å². The molecule has 7 heteroatoms. The van der Waals surface area contributed by atoms with E-state index in [-0.39, 0.29) is 11.3 Å². The first kappa shape index (κ1) is 22.0. The zero-order valence-corrected chi connectivity index (χ0v) is 19.5. The van der Waals surface area contributed by atoms with Crippen LogP contribution in [0, 0.1) is 0 Å². The maximum Gasteiger partial charge on any atom is 0.355 e. The molecule has 34 heavy (non-hydrogen) atoms. The number of anilines is 2. The lowest BCUT2D eigenvalue weighted by Gasteiger charge is -2.38. The molecule has 1 unspecified atom stereocenters. The van der Waals surface area contributed by atoms with E-state index in [0.717, 1.165) is 4.90 Å². The van der Waals surface area contributed by atoms with Crippen molar-refractivity contribution in [3.8, 4) is 0 Å². The number of carbonyl (C=O) groups excluding carboxylic acids is 3. The minimum Gasteiger partial charge on any atom is -0.458 e. The van der Waals surface area contributed by atoms with Crippen LogP contribution in [-0.4, -0.2) is 23.8 Å². The number of hydrogen-bond acceptors (Lipinski definition) is 6. The second-order valence-corrected chi connectivity index (χ2v) is 9.48. The standard InChI is InChI=1S/C27H22N2O4S/c1-17(2)33-26(32)23-22-24(30)25(31)29(19-13-7-4-8-14-19)27(22,18-11-5-3-6-12-18)34-21-16-10-9-15-20(21)28-23/h3-17,28H,1-2H3. The Bertz CT molecular complexity index is 1320. The molecule has 2 aliphatic heterocycles. The summed E-state index contributed by atoms with van der Waals surface area (Å²) in [7, 11) is 0. The molecule has 1 fully saturated rings. The Balaban J connectivity index is 1.89. The van der Waals surface area contributed by atoms with Crippen LogP contribution >= 0.6 is 11.8 Å². The Morgan fingerprint density at radius 1 is 0.912 bits per heavy atom. The molecule has 0 aliphatic carbocycles. The van der Waals surface area contributed by atoms with E-state index in [1.54, 1.807) is 26.0 Å². The highest BCUT2D eigenvalue weighted by Crippen LogP contribution is 2.58. The summed E-state index contributed by atoms with van der Waals surface area (Å²) in [5.41, 5.74) is 1.97. The molecule has 0 saturated carbocycles. The van der Waals surface area contributed by atoms with Gasteiger partial charge in [-0.1, -0.05) is 72.4 Å². The number of ketones is 1. The Hall–Kier alpha value is -3.84. The van der Waals surface area contributed by atoms with Gasteiger partial charge in [0.15, 0.2) is 4.87 Å². The lowest BCUT2D eigenvalue weighted by molar-refractivity contribution is -0.142. The lowest BCUT2D eigenvalue weighted by atomic mass is 9.95. The van der Waals surface area contributed by atoms with Crippen molar-refractivity contribution in [2.24, 2.45) is 0 Å². The Kier molecular flexibility index (Phi) is 5.49. The molecule has 0 aromatic heterocycles. The van der Waals surface area contributed by atoms with Crippen LogP contribution in [0.3, 0.4) is 0 Å². The van der Waals surface area contributed by atoms with Crippen molar-refractivity contribution in [2.45, 2.75) is 29.7 Å². The van der Waals surface area contributed by atoms with E-state index in [4.69, 9.17) is 4.74 Å². The van der Waals surface area contributed by atoms with E-state index in [0.29, 0.717) is 16.9 Å². The first-order valence-electron chi connectivity index (χ1n) is 10.9. The Labute approximate surface area is 201 Å². The monoisotopic (exact) mass is 470 g/mol. The summed E-state index contributed by atoms with van der Waals surface area (Å²) in [5, 5.41) is 3.14. The predicted molar refractivity (Wildman–Crippen MR) is 131 cm³/mol. The molecule has 170 valence electrons. The highest BCUT2D eigenvalue weighted by molar-refractivity contribution is 8.01. The van der Waals surface area contributed by atoms with Crippen molar-refractivity contribution in [1.82, 2.24) is 0 Å². The van der Waals surface area contributed by atoms with E-state index >= 15 is 0 Å². The molecule has 0 bridgehead atoms. The molecule has 1 saturated heterocycles. The summed E-state index contributed by atoms with van der Waals surface area (Å²) >= 11 is 1.36. The first-order valence-corrected chi connectivity index (χ1v) is 11.8. The molecule has 5 rings (SSSR count). The van der Waals surface area contributed by atoms with Crippen LogP contribution in [0.5, 0.6) is 0 Å². The number of nitrogens with one attached hydrogen (secondary N) is 1. The fourth-order valence-electron chi connectivity index (χ4n) is 4.31. The largest absolute Gasteiger partial charge is 0.458 e. The highest BCUT2D eigenvalue weighted by atomic mass is 32.2. The number of nitrogens with zero attached hydrogens (tertiary/aromatic N) is 1. The van der Waals surface area contributed by atoms with E-state index < -0.39 is 28.6 Å². The summed E-state index contributed by atoms with van der Waals surface area (Å²) in [5.74, 6) is -2.12. The maximum absolute atomic E-state index is 13.7. The second kappa shape index (κ2) is 8.50. The Morgan fingerprint density at radius 3 is 2.21 bits per heavy atom. The number of rotatable bonds is 4. The van der Waals surface area contributed by atoms with Gasteiger partial charge in [-0.05, 0) is 43.7 Å². The van der Waals surface area contributed by atoms with Gasteiger partial charge in [-0.3, -0.25) is 14.5 Å². The van der Waals surface area contributed by atoms with Gasteiger partial charge in [0.05, 0.1) is 17.4 Å². The molecular formula is C27H22N2O4S. The summed E-state index contributed by atoms with van der Waals surface area (Å²) in [6, 6.07) is 25.8. The van der Waals surface area contributed by atoms with Crippen LogP contribution in [0.4, 0.5) is 11.4 Å². The molecule has 1 N–H and O–H groups in total. The number of fused-ring (bicyclic) bond motifs is 2. The molecule has 0 spiro atoms. The van der Waals surface area contributed by atoms with Crippen LogP contribution in [0.1, 0.15) is 19.4 Å². The number of para-hydroxylation sites is 2. The molecule has 1 atom stereocenters. The normalized spacial score (nSPS) is 19.4. The SMILES string of the molecule is CC(C)OC(=O)C1=C2C(=O)C(=O)N(c3ccccc3)C2(c2ccccc2)Sc2ccccc2N1. The van der Waals surface area contributed by atoms with Crippen molar-refractivity contribution in [3.63, 3.8) is 0 Å². The van der Waals surface area contributed by atoms with E-state index in [1.807, 2.05) is 72.8 Å². The smallest absolute Gasteiger partial charge is 0.355 e. The number of ether oxygens (including phenoxy) is 1. The van der Waals surface area contributed by atoms with Gasteiger partial charge in [-0.25, -0.2) is 4.79 Å². The second-order valence-electron chi connectivity index (χ2n) is 8.24. The number of amides is 1. The topological polar surface area (TPSA) is 75.7 Å². The number of benzene rings is 3. The number of carbonyl (C=O) groups is 3. The predicted octanol–water partition coefficient (Wildman–Crippen LogP) is 4.88. The van der Waals surface area contributed by atoms with E-state index in [2.05, 4.69) is 5.32 Å². The fourth-order valence-corrected chi connectivity index (χ4v) is 5.83. The van der Waals surface area contributed by atoms with Crippen molar-refractivity contribution in [1.29, 1.82) is 0 Å². The molecule has 0 radical (unpaired) electrons. The van der Waals surface area contributed by atoms with Gasteiger partial charge < -0.3 is 10.1 Å². The fraction of sp³-hybridized carbons (Fsp3) is 0.148. The van der Waals surface area contributed by atoms with Gasteiger partial charge in [0.25, 0.3) is 5.78 Å². The van der Waals surface area contributed by atoms with E-state index in [9.17, 15) is 14.4 Å². The summed E-state index contributed by atoms with van der Waals surface area (Å²) in [6.07, 6.45) is -0.405. The summed E-state index contributed by atoms with van der Waals surface area (Å²) < 4.78 is 5.52. The van der Waals surface area contributed by atoms with Crippen LogP contribution in [0.2, 0.25) is 0 Å². The highest BCUT2D eigenvalue weighted by Gasteiger charge is 2.60. The van der Waals surface area contributed by atoms with Crippen molar-refractivity contribution in [3.05, 3.63) is 102 Å². The first-order chi connectivity index (χ1) is 16.4. The molecule has 3 aromatic rings. The van der Waals surface area contributed by atoms with Crippen molar-refractivity contribution in [2.75, 3.05) is 10.2 Å². The minimum atomic E-state index is -1.32. The number of hydrogen-bond donors (Lipinski definition) is 1. The van der Waals surface area contributed by atoms with Crippen LogP contribution in [0.15, 0.2) is 101 Å². The zero-order valence-electron chi connectivity index (χ0n) is 18.6. The third-order valence-electron chi connectivity index (χ3n) is 5.66. The van der Waals surface area contributed by atoms with Crippen LogP contribution < -0.4 is 10.2 Å². The van der Waals surface area contributed by atoms with Crippen LogP contribution in [0.25, 0.3) is 0 Å². The zero-order chi connectivity index (χ0) is 23.9. The van der Waals surface area contributed by atoms with Crippen molar-refractivity contribution >= 4 is 40.8 Å². The quantitative estimate of drug-likeness (QED) is 0.433. The third-order valence-corrected chi connectivity index (χ3v) is 7.15. The van der Waals surface area contributed by atoms with Gasteiger partial charge >= 0.3 is 11.9 Å². The minimum absolute atomic E-state index is 0.0215. The molecule has 2 aliphatic rings. The molecule has 3 aromatic carbocycles. The molecule has 2 heterocycles. The Morgan fingerprint density at radius 2 is 1.53 bits per heavy atom. The van der Waals surface area contributed by atoms with Crippen molar-refractivity contribution < 1.29 is 19.1 Å². The molecule has 6 nitrogen and oxygen atoms in total. The molecular weight excluding hydrogens is 448 g/mol. The van der Waals surface area contributed by atoms with Gasteiger partial charge in [0.1, 0.15) is 5.70 Å². The van der Waals surface area contributed by atoms with E-state index in [1.165, 1.54) is 16.7 Å². The lowest BCUT2D eigenvalue weighted by Crippen LogP contribution is -2.42. The maximum atomic E-state index is 13.7. The summed E-state index contributed by atoms with van der Waals surface area (Å²) in [4.78, 5) is 41.6. The van der Waals surface area contributed by atoms with Gasteiger partial charge in [-0.15, -0.1) is 0 Å². The number of esters is 1. The van der Waals surface area contributed by atoms with Gasteiger partial charge in [0, 0.05) is 10.6 Å². The number of Topliss-reactive ketones (excluding diaryl/α,β-unsaturated/α-hetero) is 1. The average molecular weight is 471 g/mol. The summed E-state index contributed by atoms with van der Waals surface area (Å²) in [6.45, 7) is 3.48. The third kappa shape index (κ3) is 3.40. The average Bonchev–Trinajstić information content (AvgIpc) is 2.96. The number of thioether (sulfide) groups is 1. The van der Waals surface area contributed by atoms with Crippen LogP contribution in [-0.2, 0) is 24.0 Å². The van der Waals surface area contributed by atoms with Gasteiger partial charge in [0.2, 0.25) is 0 Å².